The van der Waals surface area contributed by atoms with Gasteiger partial charge in [0.25, 0.3) is 11.5 Å². The minimum Gasteiger partial charge on any atom is -0.381 e. The Morgan fingerprint density at radius 1 is 1.24 bits per heavy atom. The smallest absolute Gasteiger partial charge is 0.262 e. The van der Waals surface area contributed by atoms with Crippen LogP contribution >= 0.6 is 0 Å². The third-order valence-corrected chi connectivity index (χ3v) is 6.30. The molecule has 1 aliphatic carbocycles. The molecular formula is C26H23N9O2. The van der Waals surface area contributed by atoms with Crippen molar-refractivity contribution in [2.75, 3.05) is 5.73 Å². The van der Waals surface area contributed by atoms with Gasteiger partial charge < -0.3 is 11.1 Å². The van der Waals surface area contributed by atoms with Gasteiger partial charge in [0, 0.05) is 37.2 Å². The molecule has 0 radical (unpaired) electrons. The van der Waals surface area contributed by atoms with Crippen LogP contribution in [-0.4, -0.2) is 39.8 Å². The Kier molecular flexibility index (Phi) is 5.22. The molecule has 4 heterocycles. The van der Waals surface area contributed by atoms with Crippen LogP contribution in [0, 0.1) is 11.8 Å². The number of rotatable bonds is 4. The number of benzene rings is 1. The highest BCUT2D eigenvalue weighted by molar-refractivity contribution is 6.04. The number of nitrogens with one attached hydrogen (secondary N) is 1. The van der Waals surface area contributed by atoms with E-state index in [0.717, 1.165) is 18.4 Å². The fourth-order valence-corrected chi connectivity index (χ4v) is 4.44. The first kappa shape index (κ1) is 22.5. The van der Waals surface area contributed by atoms with E-state index in [0.29, 0.717) is 27.9 Å². The monoisotopic (exact) mass is 493 g/mol. The summed E-state index contributed by atoms with van der Waals surface area (Å²) < 4.78 is 4.82. The number of carbonyl (C=O) groups is 1. The minimum absolute atomic E-state index is 0.0294. The number of fused-ring (bicyclic) bond motifs is 2. The molecule has 11 heteroatoms. The molecule has 1 amide bonds. The maximum absolute atomic E-state index is 13.8. The quantitative estimate of drug-likeness (QED) is 0.365. The molecule has 1 saturated carbocycles. The summed E-state index contributed by atoms with van der Waals surface area (Å²) in [4.78, 5) is 36.1. The number of hydrogen-bond acceptors (Lipinski definition) is 7. The van der Waals surface area contributed by atoms with Gasteiger partial charge in [0.05, 0.1) is 28.7 Å². The van der Waals surface area contributed by atoms with E-state index in [4.69, 9.17) is 10.7 Å². The van der Waals surface area contributed by atoms with E-state index in [1.165, 1.54) is 4.52 Å². The highest BCUT2D eigenvalue weighted by atomic mass is 16.2. The van der Waals surface area contributed by atoms with Crippen molar-refractivity contribution in [3.8, 4) is 11.8 Å². The maximum atomic E-state index is 13.8. The van der Waals surface area contributed by atoms with E-state index < -0.39 is 11.9 Å². The molecule has 6 rings (SSSR count). The van der Waals surface area contributed by atoms with Crippen molar-refractivity contribution in [3.05, 3.63) is 81.9 Å². The number of nitrogen functional groups attached to an aromatic ring is 1. The first-order chi connectivity index (χ1) is 17.9. The maximum Gasteiger partial charge on any atom is 0.262 e. The molecule has 1 atom stereocenters. The van der Waals surface area contributed by atoms with Gasteiger partial charge in [-0.15, -0.1) is 5.10 Å². The zero-order chi connectivity index (χ0) is 25.7. The Hall–Kier alpha value is -4.98. The van der Waals surface area contributed by atoms with Crippen LogP contribution in [0.5, 0.6) is 0 Å². The average Bonchev–Trinajstić information content (AvgIpc) is 3.53. The molecule has 3 N–H and O–H groups in total. The standard InChI is InChI=1S/C26H23N9O2/c1-15(30-25(36)21-22(27)32-34-12-4-11-28-24(21)34)23-31-19-6-3-5-17(8-7-16-13-29-33(2)14-16)20(19)26(37)35(23)18-9-10-18/h3-6,11-15,18H,9-10H2,1-2H3,(H2,27,32)(H,30,36). The molecule has 0 bridgehead atoms. The molecule has 0 spiro atoms. The normalized spacial score (nSPS) is 13.9. The van der Waals surface area contributed by atoms with Gasteiger partial charge in [-0.25, -0.2) is 14.5 Å². The lowest BCUT2D eigenvalue weighted by Gasteiger charge is -2.19. The number of amides is 1. The number of anilines is 1. The van der Waals surface area contributed by atoms with Gasteiger partial charge in [0.1, 0.15) is 11.4 Å². The lowest BCUT2D eigenvalue weighted by atomic mass is 10.1. The Morgan fingerprint density at radius 3 is 2.84 bits per heavy atom. The van der Waals surface area contributed by atoms with Crippen molar-refractivity contribution in [2.45, 2.75) is 31.8 Å². The topological polar surface area (TPSA) is 138 Å². The summed E-state index contributed by atoms with van der Waals surface area (Å²) >= 11 is 0. The second kappa shape index (κ2) is 8.60. The molecular weight excluding hydrogens is 470 g/mol. The van der Waals surface area contributed by atoms with Crippen molar-refractivity contribution in [2.24, 2.45) is 7.05 Å². The van der Waals surface area contributed by atoms with Gasteiger partial charge >= 0.3 is 0 Å². The largest absolute Gasteiger partial charge is 0.381 e. The van der Waals surface area contributed by atoms with E-state index in [1.54, 1.807) is 46.9 Å². The van der Waals surface area contributed by atoms with Crippen LogP contribution in [0.2, 0.25) is 0 Å². The molecule has 0 saturated heterocycles. The molecule has 1 fully saturated rings. The third kappa shape index (κ3) is 3.98. The summed E-state index contributed by atoms with van der Waals surface area (Å²) in [5.74, 6) is 6.30. The van der Waals surface area contributed by atoms with Crippen LogP contribution in [0.4, 0.5) is 5.82 Å². The van der Waals surface area contributed by atoms with Crippen LogP contribution in [0.25, 0.3) is 16.6 Å². The molecule has 1 aromatic carbocycles. The fourth-order valence-electron chi connectivity index (χ4n) is 4.44. The minimum atomic E-state index is -0.576. The molecule has 11 nitrogen and oxygen atoms in total. The summed E-state index contributed by atoms with van der Waals surface area (Å²) in [7, 11) is 1.82. The van der Waals surface area contributed by atoms with Crippen molar-refractivity contribution >= 4 is 28.3 Å². The van der Waals surface area contributed by atoms with Crippen LogP contribution in [0.15, 0.2) is 53.8 Å². The third-order valence-electron chi connectivity index (χ3n) is 6.30. The Bertz CT molecular complexity index is 1810. The summed E-state index contributed by atoms with van der Waals surface area (Å²) in [6.07, 6.45) is 8.47. The van der Waals surface area contributed by atoms with E-state index in [1.807, 2.05) is 25.4 Å². The van der Waals surface area contributed by atoms with Gasteiger partial charge in [0.15, 0.2) is 11.5 Å². The number of nitrogens with two attached hydrogens (primary N) is 1. The van der Waals surface area contributed by atoms with Crippen LogP contribution in [0.3, 0.4) is 0 Å². The Labute approximate surface area is 211 Å². The van der Waals surface area contributed by atoms with E-state index in [2.05, 4.69) is 32.3 Å². The SMILES string of the molecule is CC(NC(=O)c1c(N)nn2cccnc12)c1nc2cccc(C#Cc3cnn(C)c3)c2c(=O)n1C1CC1. The van der Waals surface area contributed by atoms with Gasteiger partial charge in [-0.1, -0.05) is 17.9 Å². The Balaban J connectivity index is 1.41. The van der Waals surface area contributed by atoms with Crippen LogP contribution < -0.4 is 16.6 Å². The van der Waals surface area contributed by atoms with E-state index >= 15 is 0 Å². The number of aryl methyl sites for hydroxylation is 1. The predicted octanol–water partition coefficient (Wildman–Crippen LogP) is 1.98. The second-order valence-electron chi connectivity index (χ2n) is 9.07. The van der Waals surface area contributed by atoms with E-state index in [9.17, 15) is 9.59 Å². The van der Waals surface area contributed by atoms with Gasteiger partial charge in [-0.05, 0) is 38.0 Å². The number of aromatic nitrogens is 7. The molecule has 1 aliphatic rings. The first-order valence-corrected chi connectivity index (χ1v) is 11.9. The molecule has 1 unspecified atom stereocenters. The molecule has 4 aromatic heterocycles. The summed E-state index contributed by atoms with van der Waals surface area (Å²) in [5.41, 5.74) is 8.26. The van der Waals surface area contributed by atoms with Gasteiger partial charge in [0.2, 0.25) is 0 Å². The number of hydrogen-bond donors (Lipinski definition) is 2. The molecule has 37 heavy (non-hydrogen) atoms. The van der Waals surface area contributed by atoms with Crippen LogP contribution in [-0.2, 0) is 7.05 Å². The number of nitrogens with zero attached hydrogens (tertiary/aromatic N) is 7. The summed E-state index contributed by atoms with van der Waals surface area (Å²) in [5, 5.41) is 11.7. The average molecular weight is 494 g/mol. The molecule has 5 aromatic rings. The highest BCUT2D eigenvalue weighted by Crippen LogP contribution is 2.36. The van der Waals surface area contributed by atoms with Gasteiger partial charge in [-0.3, -0.25) is 18.8 Å². The molecule has 0 aliphatic heterocycles. The second-order valence-corrected chi connectivity index (χ2v) is 9.07. The van der Waals surface area contributed by atoms with Crippen LogP contribution in [0.1, 0.15) is 59.2 Å². The van der Waals surface area contributed by atoms with Crippen molar-refractivity contribution < 1.29 is 4.79 Å². The zero-order valence-electron chi connectivity index (χ0n) is 20.2. The zero-order valence-corrected chi connectivity index (χ0v) is 20.2. The fraction of sp³-hybridized carbons (Fsp3) is 0.231. The van der Waals surface area contributed by atoms with Crippen molar-refractivity contribution in [1.29, 1.82) is 0 Å². The lowest BCUT2D eigenvalue weighted by Crippen LogP contribution is -2.34. The van der Waals surface area contributed by atoms with E-state index in [-0.39, 0.29) is 23.0 Å². The van der Waals surface area contributed by atoms with Crippen molar-refractivity contribution in [3.63, 3.8) is 0 Å². The highest BCUT2D eigenvalue weighted by Gasteiger charge is 2.31. The van der Waals surface area contributed by atoms with Gasteiger partial charge in [-0.2, -0.15) is 5.10 Å². The lowest BCUT2D eigenvalue weighted by molar-refractivity contribution is 0.0939. The Morgan fingerprint density at radius 2 is 2.08 bits per heavy atom. The summed E-state index contributed by atoms with van der Waals surface area (Å²) in [6.45, 7) is 1.80. The summed E-state index contributed by atoms with van der Waals surface area (Å²) in [6, 6.07) is 6.58. The first-order valence-electron chi connectivity index (χ1n) is 11.9. The van der Waals surface area contributed by atoms with Crippen molar-refractivity contribution in [1.82, 2.24) is 39.2 Å². The number of carbonyl (C=O) groups excluding carboxylic acids is 1. The molecule has 184 valence electrons. The predicted molar refractivity (Wildman–Crippen MR) is 137 cm³/mol.